The highest BCUT2D eigenvalue weighted by Gasteiger charge is 2.20. The van der Waals surface area contributed by atoms with Gasteiger partial charge in [0.2, 0.25) is 5.91 Å². The zero-order chi connectivity index (χ0) is 14.3. The van der Waals surface area contributed by atoms with Crippen molar-refractivity contribution >= 4 is 11.9 Å². The van der Waals surface area contributed by atoms with Gasteiger partial charge in [-0.1, -0.05) is 0 Å². The fourth-order valence-corrected chi connectivity index (χ4v) is 1.67. The fraction of sp³-hybridized carbons (Fsp3) is 0.583. The Morgan fingerprint density at radius 3 is 2.84 bits per heavy atom. The number of aromatic nitrogens is 2. The standard InChI is InChI=1S/C12H20N4O3/c1-8(13)3-2-4-11(17)16-10(12(18)19)5-9-6-14-7-15-9/h6-8,10H,2-5,13H2,1H3,(H,14,15)(H,16,17)(H,18,19)/t8?,10-/m0/s1. The largest absolute Gasteiger partial charge is 0.480 e. The van der Waals surface area contributed by atoms with Crippen LogP contribution in [-0.4, -0.2) is 39.0 Å². The third-order valence-electron chi connectivity index (χ3n) is 2.68. The molecule has 0 radical (unpaired) electrons. The van der Waals surface area contributed by atoms with Crippen molar-refractivity contribution in [3.63, 3.8) is 0 Å². The van der Waals surface area contributed by atoms with Crippen LogP contribution >= 0.6 is 0 Å². The van der Waals surface area contributed by atoms with E-state index in [1.165, 1.54) is 12.5 Å². The molecule has 0 aliphatic rings. The molecule has 1 heterocycles. The number of hydrogen-bond acceptors (Lipinski definition) is 4. The number of H-pyrrole nitrogens is 1. The van der Waals surface area contributed by atoms with Gasteiger partial charge in [-0.2, -0.15) is 0 Å². The molecule has 0 saturated carbocycles. The molecule has 19 heavy (non-hydrogen) atoms. The number of nitrogens with two attached hydrogens (primary N) is 1. The van der Waals surface area contributed by atoms with Crippen LogP contribution in [0.5, 0.6) is 0 Å². The average Bonchev–Trinajstić information content (AvgIpc) is 2.80. The van der Waals surface area contributed by atoms with Gasteiger partial charge in [-0.15, -0.1) is 0 Å². The summed E-state index contributed by atoms with van der Waals surface area (Å²) in [5, 5.41) is 11.6. The zero-order valence-corrected chi connectivity index (χ0v) is 10.9. The lowest BCUT2D eigenvalue weighted by molar-refractivity contribution is -0.141. The van der Waals surface area contributed by atoms with E-state index in [9.17, 15) is 9.59 Å². The molecule has 0 aliphatic heterocycles. The second-order valence-corrected chi connectivity index (χ2v) is 4.61. The van der Waals surface area contributed by atoms with Crippen molar-refractivity contribution < 1.29 is 14.7 Å². The van der Waals surface area contributed by atoms with Crippen LogP contribution in [0.2, 0.25) is 0 Å². The molecule has 1 amide bonds. The predicted octanol–water partition coefficient (Wildman–Crippen LogP) is 0.0391. The van der Waals surface area contributed by atoms with E-state index in [2.05, 4.69) is 15.3 Å². The lowest BCUT2D eigenvalue weighted by Gasteiger charge is -2.13. The Balaban J connectivity index is 2.40. The monoisotopic (exact) mass is 268 g/mol. The first-order valence-electron chi connectivity index (χ1n) is 6.24. The first-order chi connectivity index (χ1) is 8.99. The maximum absolute atomic E-state index is 11.6. The second kappa shape index (κ2) is 7.52. The van der Waals surface area contributed by atoms with Crippen molar-refractivity contribution in [3.05, 3.63) is 18.2 Å². The molecule has 1 aromatic heterocycles. The Morgan fingerprint density at radius 2 is 2.32 bits per heavy atom. The minimum Gasteiger partial charge on any atom is -0.480 e. The number of carboxylic acids is 1. The van der Waals surface area contributed by atoms with E-state index in [4.69, 9.17) is 10.8 Å². The average molecular weight is 268 g/mol. The third kappa shape index (κ3) is 6.01. The maximum Gasteiger partial charge on any atom is 0.326 e. The molecule has 0 bridgehead atoms. The molecule has 0 fully saturated rings. The number of amides is 1. The van der Waals surface area contributed by atoms with E-state index in [1.807, 2.05) is 6.92 Å². The first kappa shape index (κ1) is 15.2. The van der Waals surface area contributed by atoms with Gasteiger partial charge in [0.05, 0.1) is 6.33 Å². The summed E-state index contributed by atoms with van der Waals surface area (Å²) in [7, 11) is 0. The molecule has 1 aromatic rings. The van der Waals surface area contributed by atoms with E-state index in [0.717, 1.165) is 6.42 Å². The first-order valence-corrected chi connectivity index (χ1v) is 6.24. The van der Waals surface area contributed by atoms with Crippen LogP contribution < -0.4 is 11.1 Å². The smallest absolute Gasteiger partial charge is 0.326 e. The Bertz CT molecular complexity index is 403. The van der Waals surface area contributed by atoms with Gasteiger partial charge in [-0.25, -0.2) is 9.78 Å². The van der Waals surface area contributed by atoms with Crippen molar-refractivity contribution in [2.75, 3.05) is 0 Å². The second-order valence-electron chi connectivity index (χ2n) is 4.61. The number of rotatable bonds is 8. The SMILES string of the molecule is CC(N)CCCC(=O)N[C@@H](Cc1cnc[nH]1)C(=O)O. The van der Waals surface area contributed by atoms with Gasteiger partial charge in [0.25, 0.3) is 0 Å². The number of carbonyl (C=O) groups excluding carboxylic acids is 1. The Kier molecular flexibility index (Phi) is 6.01. The van der Waals surface area contributed by atoms with Crippen LogP contribution in [0.4, 0.5) is 0 Å². The van der Waals surface area contributed by atoms with Gasteiger partial charge in [-0.3, -0.25) is 4.79 Å². The number of carbonyl (C=O) groups is 2. The molecular formula is C12H20N4O3. The van der Waals surface area contributed by atoms with Crippen molar-refractivity contribution in [1.82, 2.24) is 15.3 Å². The third-order valence-corrected chi connectivity index (χ3v) is 2.68. The Morgan fingerprint density at radius 1 is 1.58 bits per heavy atom. The summed E-state index contributed by atoms with van der Waals surface area (Å²) >= 11 is 0. The number of nitrogens with one attached hydrogen (secondary N) is 2. The molecule has 7 heteroatoms. The fourth-order valence-electron chi connectivity index (χ4n) is 1.67. The van der Waals surface area contributed by atoms with Crippen LogP contribution in [0.3, 0.4) is 0 Å². The molecule has 5 N–H and O–H groups in total. The van der Waals surface area contributed by atoms with Gasteiger partial charge in [0.15, 0.2) is 0 Å². The predicted molar refractivity (Wildman–Crippen MR) is 69.4 cm³/mol. The molecule has 2 atom stereocenters. The molecule has 1 unspecified atom stereocenters. The van der Waals surface area contributed by atoms with Crippen molar-refractivity contribution in [2.24, 2.45) is 5.73 Å². The molecule has 7 nitrogen and oxygen atoms in total. The van der Waals surface area contributed by atoms with Crippen molar-refractivity contribution in [1.29, 1.82) is 0 Å². The van der Waals surface area contributed by atoms with Gasteiger partial charge in [0.1, 0.15) is 6.04 Å². The lowest BCUT2D eigenvalue weighted by Crippen LogP contribution is -2.42. The van der Waals surface area contributed by atoms with Crippen LogP contribution in [0.1, 0.15) is 31.9 Å². The van der Waals surface area contributed by atoms with E-state index >= 15 is 0 Å². The van der Waals surface area contributed by atoms with E-state index in [-0.39, 0.29) is 24.8 Å². The number of aliphatic carboxylic acids is 1. The highest BCUT2D eigenvalue weighted by Crippen LogP contribution is 2.02. The summed E-state index contributed by atoms with van der Waals surface area (Å²) in [6.45, 7) is 1.87. The Hall–Kier alpha value is -1.89. The Labute approximate surface area is 111 Å². The summed E-state index contributed by atoms with van der Waals surface area (Å²) in [6.07, 6.45) is 4.88. The molecule has 106 valence electrons. The van der Waals surface area contributed by atoms with Crippen LogP contribution in [0.15, 0.2) is 12.5 Å². The van der Waals surface area contributed by atoms with Crippen LogP contribution in [-0.2, 0) is 16.0 Å². The number of hydrogen-bond donors (Lipinski definition) is 4. The summed E-state index contributed by atoms with van der Waals surface area (Å²) in [5.41, 5.74) is 6.25. The lowest BCUT2D eigenvalue weighted by atomic mass is 10.1. The van der Waals surface area contributed by atoms with E-state index in [1.54, 1.807) is 0 Å². The normalized spacial score (nSPS) is 13.8. The van der Waals surface area contributed by atoms with E-state index in [0.29, 0.717) is 12.1 Å². The summed E-state index contributed by atoms with van der Waals surface area (Å²) < 4.78 is 0. The quantitative estimate of drug-likeness (QED) is 0.530. The van der Waals surface area contributed by atoms with E-state index < -0.39 is 12.0 Å². The number of imidazole rings is 1. The highest BCUT2D eigenvalue weighted by molar-refractivity contribution is 5.83. The van der Waals surface area contributed by atoms with Crippen LogP contribution in [0.25, 0.3) is 0 Å². The van der Waals surface area contributed by atoms with Crippen molar-refractivity contribution in [2.45, 2.75) is 44.7 Å². The molecule has 0 aromatic carbocycles. The van der Waals surface area contributed by atoms with Gasteiger partial charge in [-0.05, 0) is 19.8 Å². The minimum absolute atomic E-state index is 0.0491. The molecular weight excluding hydrogens is 248 g/mol. The summed E-state index contributed by atoms with van der Waals surface area (Å²) in [6, 6.07) is -0.892. The molecule has 0 spiro atoms. The summed E-state index contributed by atoms with van der Waals surface area (Å²) in [4.78, 5) is 29.3. The zero-order valence-electron chi connectivity index (χ0n) is 10.9. The van der Waals surface area contributed by atoms with Crippen LogP contribution in [0, 0.1) is 0 Å². The number of nitrogens with zero attached hydrogens (tertiary/aromatic N) is 1. The highest BCUT2D eigenvalue weighted by atomic mass is 16.4. The van der Waals surface area contributed by atoms with Gasteiger partial charge < -0.3 is 21.1 Å². The van der Waals surface area contributed by atoms with Crippen molar-refractivity contribution in [3.8, 4) is 0 Å². The number of carboxylic acid groups (broad SMARTS) is 1. The number of aromatic amines is 1. The minimum atomic E-state index is -1.06. The topological polar surface area (TPSA) is 121 Å². The maximum atomic E-state index is 11.6. The molecule has 0 aliphatic carbocycles. The summed E-state index contributed by atoms with van der Waals surface area (Å²) in [5.74, 6) is -1.33. The van der Waals surface area contributed by atoms with Gasteiger partial charge >= 0.3 is 5.97 Å². The van der Waals surface area contributed by atoms with Gasteiger partial charge in [0, 0.05) is 30.8 Å². The molecule has 1 rings (SSSR count). The molecule has 0 saturated heterocycles.